The molecule has 2 aliphatic rings. The van der Waals surface area contributed by atoms with Crippen molar-refractivity contribution in [2.24, 2.45) is 11.8 Å². The first-order valence-corrected chi connectivity index (χ1v) is 11.0. The van der Waals surface area contributed by atoms with Crippen molar-refractivity contribution in [1.82, 2.24) is 15.1 Å². The molecule has 1 saturated heterocycles. The summed E-state index contributed by atoms with van der Waals surface area (Å²) in [6.07, 6.45) is 5.26. The van der Waals surface area contributed by atoms with Gasteiger partial charge in [0.05, 0.1) is 0 Å². The lowest BCUT2D eigenvalue weighted by Crippen LogP contribution is -2.48. The highest BCUT2D eigenvalue weighted by Gasteiger charge is 2.32. The van der Waals surface area contributed by atoms with Crippen LogP contribution in [-0.4, -0.2) is 59.8 Å². The van der Waals surface area contributed by atoms with E-state index in [1.807, 2.05) is 49.1 Å². The van der Waals surface area contributed by atoms with Crippen LogP contribution in [0.1, 0.15) is 39.2 Å². The van der Waals surface area contributed by atoms with Crippen molar-refractivity contribution in [3.63, 3.8) is 0 Å². The first-order valence-electron chi connectivity index (χ1n) is 11.0. The molecule has 7 nitrogen and oxygen atoms in total. The number of hydrogen-bond acceptors (Lipinski definition) is 4. The SMILES string of the molecule is CC(=O)N1CC(=O)N2CC[C@@H](CC(=O)NC(C)C)[C@@H](/C=C/COc3ccccc3C1)C2. The van der Waals surface area contributed by atoms with Gasteiger partial charge in [-0.05, 0) is 38.2 Å². The summed E-state index contributed by atoms with van der Waals surface area (Å²) in [6, 6.07) is 7.70. The molecule has 31 heavy (non-hydrogen) atoms. The molecule has 168 valence electrons. The molecule has 2 atom stereocenters. The number of fused-ring (bicyclic) bond motifs is 3. The molecule has 1 fully saturated rings. The van der Waals surface area contributed by atoms with Gasteiger partial charge in [-0.15, -0.1) is 0 Å². The van der Waals surface area contributed by atoms with E-state index in [-0.39, 0.29) is 42.1 Å². The van der Waals surface area contributed by atoms with Gasteiger partial charge in [0, 0.05) is 44.6 Å². The summed E-state index contributed by atoms with van der Waals surface area (Å²) in [7, 11) is 0. The van der Waals surface area contributed by atoms with E-state index < -0.39 is 0 Å². The van der Waals surface area contributed by atoms with E-state index in [2.05, 4.69) is 11.4 Å². The second-order valence-corrected chi connectivity index (χ2v) is 8.70. The van der Waals surface area contributed by atoms with Crippen LogP contribution in [0.15, 0.2) is 36.4 Å². The Hall–Kier alpha value is -2.83. The molecule has 3 amide bonds. The number of nitrogens with zero attached hydrogens (tertiary/aromatic N) is 2. The van der Waals surface area contributed by atoms with Crippen LogP contribution >= 0.6 is 0 Å². The lowest BCUT2D eigenvalue weighted by molar-refractivity contribution is -0.141. The van der Waals surface area contributed by atoms with Gasteiger partial charge in [0.15, 0.2) is 0 Å². The average Bonchev–Trinajstić information content (AvgIpc) is 2.72. The van der Waals surface area contributed by atoms with Gasteiger partial charge >= 0.3 is 0 Å². The highest BCUT2D eigenvalue weighted by atomic mass is 16.5. The van der Waals surface area contributed by atoms with Gasteiger partial charge in [-0.1, -0.05) is 30.4 Å². The Labute approximate surface area is 184 Å². The zero-order valence-electron chi connectivity index (χ0n) is 18.7. The molecule has 0 aromatic heterocycles. The smallest absolute Gasteiger partial charge is 0.242 e. The van der Waals surface area contributed by atoms with E-state index in [1.54, 1.807) is 4.90 Å². The van der Waals surface area contributed by atoms with Crippen molar-refractivity contribution in [2.75, 3.05) is 26.2 Å². The fourth-order valence-electron chi connectivity index (χ4n) is 4.24. The fourth-order valence-corrected chi connectivity index (χ4v) is 4.24. The minimum atomic E-state index is -0.145. The molecule has 2 heterocycles. The molecule has 1 aromatic rings. The number of rotatable bonds is 3. The maximum Gasteiger partial charge on any atom is 0.242 e. The minimum absolute atomic E-state index is 0.0403. The highest BCUT2D eigenvalue weighted by molar-refractivity contribution is 5.84. The van der Waals surface area contributed by atoms with E-state index in [4.69, 9.17) is 4.74 Å². The number of carbonyl (C=O) groups is 3. The van der Waals surface area contributed by atoms with Crippen LogP contribution in [0.5, 0.6) is 5.75 Å². The molecule has 1 N–H and O–H groups in total. The molecule has 0 unspecified atom stereocenters. The summed E-state index contributed by atoms with van der Waals surface area (Å²) in [5, 5.41) is 2.97. The topological polar surface area (TPSA) is 79.0 Å². The maximum absolute atomic E-state index is 13.0. The van der Waals surface area contributed by atoms with Gasteiger partial charge in [0.2, 0.25) is 17.7 Å². The van der Waals surface area contributed by atoms with Crippen LogP contribution in [-0.2, 0) is 20.9 Å². The first-order chi connectivity index (χ1) is 14.8. The van der Waals surface area contributed by atoms with Crippen molar-refractivity contribution in [1.29, 1.82) is 0 Å². The summed E-state index contributed by atoms with van der Waals surface area (Å²) in [6.45, 7) is 7.30. The third-order valence-corrected chi connectivity index (χ3v) is 5.88. The van der Waals surface area contributed by atoms with E-state index >= 15 is 0 Å². The number of hydrogen-bond donors (Lipinski definition) is 1. The van der Waals surface area contributed by atoms with E-state index in [1.165, 1.54) is 6.92 Å². The Balaban J connectivity index is 1.82. The van der Waals surface area contributed by atoms with Gasteiger partial charge in [-0.2, -0.15) is 0 Å². The van der Waals surface area contributed by atoms with Crippen molar-refractivity contribution < 1.29 is 19.1 Å². The molecular formula is C24H33N3O4. The van der Waals surface area contributed by atoms with Gasteiger partial charge in [-0.25, -0.2) is 0 Å². The second kappa shape index (κ2) is 10.5. The standard InChI is InChI=1S/C24H33N3O4/c1-17(2)25-23(29)13-19-10-11-26-14-20(19)8-6-12-31-22-9-5-4-7-21(22)15-27(18(3)28)16-24(26)30/h4-9,17,19-20H,10-16H2,1-3H3,(H,25,29)/b8-6+/t19-,20-/m0/s1. The molecule has 7 heteroatoms. The largest absolute Gasteiger partial charge is 0.489 e. The third-order valence-electron chi connectivity index (χ3n) is 5.88. The van der Waals surface area contributed by atoms with Gasteiger partial charge in [0.1, 0.15) is 18.9 Å². The molecule has 0 radical (unpaired) electrons. The number of amides is 3. The first kappa shape index (κ1) is 22.8. The fraction of sp³-hybridized carbons (Fsp3) is 0.542. The van der Waals surface area contributed by atoms with E-state index in [9.17, 15) is 14.4 Å². The van der Waals surface area contributed by atoms with E-state index in [0.717, 1.165) is 12.0 Å². The van der Waals surface area contributed by atoms with Crippen LogP contribution in [0.2, 0.25) is 0 Å². The summed E-state index contributed by atoms with van der Waals surface area (Å²) < 4.78 is 5.96. The van der Waals surface area contributed by atoms with Crippen LogP contribution < -0.4 is 10.1 Å². The van der Waals surface area contributed by atoms with Gasteiger partial charge in [-0.3, -0.25) is 14.4 Å². The number of benzene rings is 1. The second-order valence-electron chi connectivity index (χ2n) is 8.70. The Kier molecular flexibility index (Phi) is 7.71. The number of para-hydroxylation sites is 1. The Morgan fingerprint density at radius 3 is 2.74 bits per heavy atom. The number of carbonyl (C=O) groups excluding carboxylic acids is 3. The van der Waals surface area contributed by atoms with Crippen LogP contribution in [0.3, 0.4) is 0 Å². The number of nitrogens with one attached hydrogen (secondary N) is 1. The van der Waals surface area contributed by atoms with Crippen LogP contribution in [0.25, 0.3) is 0 Å². The lowest BCUT2D eigenvalue weighted by Gasteiger charge is -2.38. The van der Waals surface area contributed by atoms with Crippen LogP contribution in [0, 0.1) is 11.8 Å². The van der Waals surface area contributed by atoms with Crippen LogP contribution in [0.4, 0.5) is 0 Å². The number of ether oxygens (including phenoxy) is 1. The Morgan fingerprint density at radius 1 is 1.23 bits per heavy atom. The van der Waals surface area contributed by atoms with Crippen molar-refractivity contribution in [2.45, 2.75) is 46.2 Å². The monoisotopic (exact) mass is 427 g/mol. The molecule has 0 spiro atoms. The Bertz CT molecular complexity index is 836. The van der Waals surface area contributed by atoms with Crippen molar-refractivity contribution in [3.05, 3.63) is 42.0 Å². The molecular weight excluding hydrogens is 394 g/mol. The molecule has 0 saturated carbocycles. The summed E-state index contributed by atoms with van der Waals surface area (Å²) in [5.41, 5.74) is 0.874. The van der Waals surface area contributed by atoms with E-state index in [0.29, 0.717) is 38.4 Å². The summed E-state index contributed by atoms with van der Waals surface area (Å²) >= 11 is 0. The minimum Gasteiger partial charge on any atom is -0.489 e. The number of piperidine rings is 1. The predicted molar refractivity (Wildman–Crippen MR) is 118 cm³/mol. The normalized spacial score (nSPS) is 23.0. The van der Waals surface area contributed by atoms with Crippen molar-refractivity contribution >= 4 is 17.7 Å². The predicted octanol–water partition coefficient (Wildman–Crippen LogP) is 2.36. The molecule has 2 bridgehead atoms. The summed E-state index contributed by atoms with van der Waals surface area (Å²) in [4.78, 5) is 41.0. The Morgan fingerprint density at radius 2 is 2.00 bits per heavy atom. The highest BCUT2D eigenvalue weighted by Crippen LogP contribution is 2.29. The zero-order valence-corrected chi connectivity index (χ0v) is 18.7. The molecule has 3 rings (SSSR count). The van der Waals surface area contributed by atoms with Crippen molar-refractivity contribution in [3.8, 4) is 5.75 Å². The maximum atomic E-state index is 13.0. The quantitative estimate of drug-likeness (QED) is 0.751. The molecule has 0 aliphatic carbocycles. The van der Waals surface area contributed by atoms with Gasteiger partial charge in [0.25, 0.3) is 0 Å². The molecule has 2 aliphatic heterocycles. The third kappa shape index (κ3) is 6.32. The average molecular weight is 428 g/mol. The zero-order chi connectivity index (χ0) is 22.4. The summed E-state index contributed by atoms with van der Waals surface area (Å²) in [5.74, 6) is 0.788. The van der Waals surface area contributed by atoms with Gasteiger partial charge < -0.3 is 19.9 Å². The lowest BCUT2D eigenvalue weighted by atomic mass is 9.82. The molecule has 1 aromatic carbocycles.